The number of hydrogen-bond donors (Lipinski definition) is 10. The van der Waals surface area contributed by atoms with Crippen molar-refractivity contribution in [2.45, 2.75) is 48.9 Å². The molecule has 0 spiro atoms. The van der Waals surface area contributed by atoms with E-state index < -0.39 is 107 Å². The van der Waals surface area contributed by atoms with Crippen LogP contribution in [0.25, 0.3) is 0 Å². The molecule has 0 radical (unpaired) electrons. The largest absolute Gasteiger partial charge is 0.476 e. The van der Waals surface area contributed by atoms with Crippen molar-refractivity contribution >= 4 is 27.0 Å². The van der Waals surface area contributed by atoms with Crippen LogP contribution in [0.2, 0.25) is 0 Å². The number of aliphatic hydroxyl groups excluding tert-OH is 6. The fourth-order valence-electron chi connectivity index (χ4n) is 3.31. The van der Waals surface area contributed by atoms with Gasteiger partial charge in [0.15, 0.2) is 6.23 Å². The van der Waals surface area contributed by atoms with Gasteiger partial charge < -0.3 is 55.4 Å². The standard InChI is InChI=1S/C17H27N3O17P2/c18-10(14(28)12(26)6(22)3-21)11(25)7(23)5-38(31,37-39(32,33)34)35-4-8-13(27)15(29)16(36-8)20-2-1-9(24)19-17(20)30/h1-2,6,8,10,12-16,21-22,26-29H,3-5,18H2,(H,19,24,30)(H2,32,33,34)/t6-,8-,10+,12+,13-,14-,15-,16-,38?/m1/s1. The number of aromatic amines is 1. The number of phosphoric acid groups is 1. The third-order valence-corrected chi connectivity index (χ3v) is 8.41. The van der Waals surface area contributed by atoms with Crippen LogP contribution in [0.1, 0.15) is 6.23 Å². The smallest absolute Gasteiger partial charge is 0.394 e. The molecule has 1 unspecified atom stereocenters. The number of aliphatic hydroxyl groups is 6. The molecule has 1 saturated heterocycles. The molecule has 0 aromatic carbocycles. The van der Waals surface area contributed by atoms with Gasteiger partial charge in [-0.05, 0) is 0 Å². The molecule has 222 valence electrons. The van der Waals surface area contributed by atoms with E-state index in [4.69, 9.17) is 29.9 Å². The van der Waals surface area contributed by atoms with Gasteiger partial charge in [-0.1, -0.05) is 0 Å². The minimum atomic E-state index is -5.67. The highest BCUT2D eigenvalue weighted by atomic mass is 31.3. The van der Waals surface area contributed by atoms with Crippen molar-refractivity contribution in [3.05, 3.63) is 33.1 Å². The molecule has 2 rings (SSSR count). The number of nitrogens with two attached hydrogens (primary N) is 1. The number of carbonyl (C=O) groups is 2. The second-order valence-corrected chi connectivity index (χ2v) is 11.7. The Hall–Kier alpha value is -2.00. The molecule has 0 saturated carbocycles. The van der Waals surface area contributed by atoms with Gasteiger partial charge >= 0.3 is 21.1 Å². The van der Waals surface area contributed by atoms with Gasteiger partial charge in [-0.2, -0.15) is 0 Å². The van der Waals surface area contributed by atoms with Gasteiger partial charge in [0.25, 0.3) is 5.56 Å². The first-order valence-corrected chi connectivity index (χ1v) is 14.0. The summed E-state index contributed by atoms with van der Waals surface area (Å²) in [6.07, 6.45) is -14.2. The van der Waals surface area contributed by atoms with Crippen LogP contribution in [-0.4, -0.2) is 124 Å². The first-order chi connectivity index (χ1) is 17.9. The van der Waals surface area contributed by atoms with Gasteiger partial charge in [-0.15, -0.1) is 0 Å². The summed E-state index contributed by atoms with van der Waals surface area (Å²) >= 11 is 0. The highest BCUT2D eigenvalue weighted by Gasteiger charge is 2.47. The first-order valence-electron chi connectivity index (χ1n) is 10.7. The maximum Gasteiger partial charge on any atom is 0.476 e. The average molecular weight is 607 g/mol. The summed E-state index contributed by atoms with van der Waals surface area (Å²) in [5, 5.41) is 58.1. The molecule has 39 heavy (non-hydrogen) atoms. The third kappa shape index (κ3) is 8.49. The maximum absolute atomic E-state index is 13.0. The van der Waals surface area contributed by atoms with Gasteiger partial charge in [0.05, 0.1) is 13.2 Å². The highest BCUT2D eigenvalue weighted by molar-refractivity contribution is 7.64. The zero-order valence-corrected chi connectivity index (χ0v) is 21.4. The van der Waals surface area contributed by atoms with E-state index in [9.17, 15) is 53.8 Å². The predicted molar refractivity (Wildman–Crippen MR) is 122 cm³/mol. The summed E-state index contributed by atoms with van der Waals surface area (Å²) in [7, 11) is -11.0. The number of ketones is 2. The molecule has 1 fully saturated rings. The van der Waals surface area contributed by atoms with E-state index in [1.54, 1.807) is 0 Å². The van der Waals surface area contributed by atoms with Crippen molar-refractivity contribution in [2.24, 2.45) is 5.73 Å². The summed E-state index contributed by atoms with van der Waals surface area (Å²) in [4.78, 5) is 67.9. The topological polar surface area (TPSA) is 339 Å². The lowest BCUT2D eigenvalue weighted by Crippen LogP contribution is -2.54. The van der Waals surface area contributed by atoms with E-state index in [1.165, 1.54) is 0 Å². The van der Waals surface area contributed by atoms with Crippen LogP contribution in [0.5, 0.6) is 0 Å². The minimum absolute atomic E-state index is 0.679. The van der Waals surface area contributed by atoms with E-state index in [0.29, 0.717) is 4.57 Å². The number of nitrogens with zero attached hydrogens (tertiary/aromatic N) is 1. The van der Waals surface area contributed by atoms with Crippen molar-refractivity contribution in [1.82, 2.24) is 9.55 Å². The Morgan fingerprint density at radius 3 is 2.28 bits per heavy atom. The molecule has 1 aromatic heterocycles. The van der Waals surface area contributed by atoms with Crippen LogP contribution < -0.4 is 17.0 Å². The van der Waals surface area contributed by atoms with Crippen molar-refractivity contribution in [3.8, 4) is 0 Å². The third-order valence-electron chi connectivity index (χ3n) is 5.34. The molecule has 0 aliphatic carbocycles. The Balaban J connectivity index is 2.18. The predicted octanol–water partition coefficient (Wildman–Crippen LogP) is -5.98. The minimum Gasteiger partial charge on any atom is -0.394 e. The number of ether oxygens (including phenoxy) is 1. The fourth-order valence-corrected chi connectivity index (χ4v) is 6.00. The Morgan fingerprint density at radius 1 is 1.13 bits per heavy atom. The zero-order valence-electron chi connectivity index (χ0n) is 19.6. The molecule has 0 bridgehead atoms. The second-order valence-electron chi connectivity index (χ2n) is 8.25. The number of nitrogens with one attached hydrogen (secondary N) is 1. The van der Waals surface area contributed by atoms with Crippen molar-refractivity contribution < 1.29 is 72.7 Å². The summed E-state index contributed by atoms with van der Waals surface area (Å²) in [6.45, 7) is -2.16. The summed E-state index contributed by atoms with van der Waals surface area (Å²) in [6, 6.07) is -1.37. The molecule has 2 heterocycles. The van der Waals surface area contributed by atoms with Crippen LogP contribution in [0.4, 0.5) is 0 Å². The van der Waals surface area contributed by atoms with E-state index in [0.717, 1.165) is 12.3 Å². The SMILES string of the molecule is N[C@@H](C(=O)C(=O)CP(=O)(OC[C@H]1O[C@@H](n2ccc(=O)[nH]c2=O)[C@H](O)[C@@H]1O)OP(=O)(O)O)[C@@H](O)[C@@H](O)[C@H](O)CO. The molecule has 1 aliphatic rings. The number of H-pyrrole nitrogens is 1. The summed E-state index contributed by atoms with van der Waals surface area (Å²) in [5.74, 6) is -3.51. The summed E-state index contributed by atoms with van der Waals surface area (Å²) in [5.41, 5.74) is 3.54. The molecule has 20 nitrogen and oxygen atoms in total. The van der Waals surface area contributed by atoms with Gasteiger partial charge in [0.2, 0.25) is 11.6 Å². The zero-order chi connectivity index (χ0) is 29.9. The Morgan fingerprint density at radius 2 is 1.74 bits per heavy atom. The molecular weight excluding hydrogens is 580 g/mol. The van der Waals surface area contributed by atoms with Gasteiger partial charge in [0, 0.05) is 12.3 Å². The van der Waals surface area contributed by atoms with Gasteiger partial charge in [-0.25, -0.2) is 13.7 Å². The molecule has 1 aliphatic heterocycles. The lowest BCUT2D eigenvalue weighted by Gasteiger charge is -2.25. The van der Waals surface area contributed by atoms with Gasteiger partial charge in [0.1, 0.15) is 48.8 Å². The van der Waals surface area contributed by atoms with Gasteiger partial charge in [-0.3, -0.25) is 28.5 Å². The molecule has 11 N–H and O–H groups in total. The normalized spacial score (nSPS) is 26.4. The van der Waals surface area contributed by atoms with Crippen LogP contribution in [0.15, 0.2) is 21.9 Å². The molecule has 0 amide bonds. The average Bonchev–Trinajstić information content (AvgIpc) is 3.12. The molecular formula is C17H27N3O17P2. The van der Waals surface area contributed by atoms with Crippen molar-refractivity contribution in [3.63, 3.8) is 0 Å². The van der Waals surface area contributed by atoms with Crippen molar-refractivity contribution in [1.29, 1.82) is 0 Å². The number of rotatable bonds is 14. The fraction of sp³-hybridized carbons (Fsp3) is 0.647. The highest BCUT2D eigenvalue weighted by Crippen LogP contribution is 2.60. The van der Waals surface area contributed by atoms with E-state index in [1.807, 2.05) is 4.98 Å². The number of carbonyl (C=O) groups excluding carboxylic acids is 2. The quantitative estimate of drug-likeness (QED) is 0.0694. The van der Waals surface area contributed by atoms with Crippen molar-refractivity contribution in [2.75, 3.05) is 19.4 Å². The Kier molecular flexibility index (Phi) is 11.2. The second kappa shape index (κ2) is 13.1. The van der Waals surface area contributed by atoms with E-state index in [-0.39, 0.29) is 0 Å². The Bertz CT molecular complexity index is 1250. The first kappa shape index (κ1) is 33.2. The molecule has 9 atom stereocenters. The van der Waals surface area contributed by atoms with Crippen LogP contribution >= 0.6 is 15.4 Å². The van der Waals surface area contributed by atoms with E-state index in [2.05, 4.69) is 4.31 Å². The van der Waals surface area contributed by atoms with Crippen LogP contribution in [0, 0.1) is 0 Å². The van der Waals surface area contributed by atoms with E-state index >= 15 is 0 Å². The Labute approximate surface area is 217 Å². The van der Waals surface area contributed by atoms with Crippen LogP contribution in [-0.2, 0) is 32.3 Å². The molecule has 1 aromatic rings. The number of aromatic nitrogens is 2. The lowest BCUT2D eigenvalue weighted by molar-refractivity contribution is -0.141. The number of Topliss-reactive ketones (excluding diaryl/α,β-unsaturated/α-hetero) is 2. The molecule has 22 heteroatoms. The maximum atomic E-state index is 13.0. The van der Waals surface area contributed by atoms with Crippen LogP contribution in [0.3, 0.4) is 0 Å². The lowest BCUT2D eigenvalue weighted by atomic mass is 9.97. The summed E-state index contributed by atoms with van der Waals surface area (Å²) < 4.78 is 39.1. The number of hydrogen-bond acceptors (Lipinski definition) is 16. The monoisotopic (exact) mass is 607 g/mol.